The van der Waals surface area contributed by atoms with Gasteiger partial charge in [0.15, 0.2) is 11.0 Å². The van der Waals surface area contributed by atoms with Gasteiger partial charge < -0.3 is 4.57 Å². The second-order valence-corrected chi connectivity index (χ2v) is 8.10. The van der Waals surface area contributed by atoms with E-state index in [-0.39, 0.29) is 0 Å². The second kappa shape index (κ2) is 8.06. The SMILES string of the molecule is CCc1c(-c2nnc(SCc3cccc(C(F)(F)F)c3)n2CC)csc1C. The number of alkyl halides is 3. The molecule has 3 rings (SSSR count). The fourth-order valence-corrected chi connectivity index (χ4v) is 4.86. The third-order valence-electron chi connectivity index (χ3n) is 4.35. The molecule has 144 valence electrons. The van der Waals surface area contributed by atoms with E-state index in [0.29, 0.717) is 17.9 Å². The average molecular weight is 412 g/mol. The van der Waals surface area contributed by atoms with Crippen molar-refractivity contribution < 1.29 is 13.2 Å². The van der Waals surface area contributed by atoms with Crippen LogP contribution < -0.4 is 0 Å². The van der Waals surface area contributed by atoms with Crippen LogP contribution in [0.4, 0.5) is 13.2 Å². The van der Waals surface area contributed by atoms with E-state index in [9.17, 15) is 13.2 Å². The first-order valence-corrected chi connectivity index (χ1v) is 10.5. The highest BCUT2D eigenvalue weighted by atomic mass is 32.2. The Bertz CT molecular complexity index is 929. The summed E-state index contributed by atoms with van der Waals surface area (Å²) in [5, 5.41) is 11.5. The maximum absolute atomic E-state index is 12.9. The molecule has 0 aliphatic heterocycles. The Balaban J connectivity index is 1.84. The molecule has 2 aromatic heterocycles. The number of rotatable bonds is 6. The lowest BCUT2D eigenvalue weighted by molar-refractivity contribution is -0.137. The number of aryl methyl sites for hydroxylation is 1. The second-order valence-electron chi connectivity index (χ2n) is 6.07. The zero-order chi connectivity index (χ0) is 19.6. The zero-order valence-corrected chi connectivity index (χ0v) is 16.9. The van der Waals surface area contributed by atoms with Gasteiger partial charge in [0.05, 0.1) is 5.56 Å². The van der Waals surface area contributed by atoms with Crippen molar-refractivity contribution in [1.29, 1.82) is 0 Å². The Kier molecular flexibility index (Phi) is 5.95. The van der Waals surface area contributed by atoms with E-state index >= 15 is 0 Å². The maximum Gasteiger partial charge on any atom is 0.416 e. The van der Waals surface area contributed by atoms with Gasteiger partial charge in [-0.05, 0) is 37.5 Å². The van der Waals surface area contributed by atoms with Crippen molar-refractivity contribution >= 4 is 23.1 Å². The van der Waals surface area contributed by atoms with E-state index in [4.69, 9.17) is 0 Å². The van der Waals surface area contributed by atoms with Crippen molar-refractivity contribution in [3.8, 4) is 11.4 Å². The van der Waals surface area contributed by atoms with Gasteiger partial charge in [0, 0.05) is 28.1 Å². The molecule has 27 heavy (non-hydrogen) atoms. The molecule has 0 amide bonds. The number of thioether (sulfide) groups is 1. The van der Waals surface area contributed by atoms with Gasteiger partial charge in [-0.15, -0.1) is 21.5 Å². The molecule has 0 unspecified atom stereocenters. The standard InChI is InChI=1S/C19H20F3N3S2/c1-4-15-12(3)26-11-16(15)17-23-24-18(25(17)5-2)27-10-13-7-6-8-14(9-13)19(20,21)22/h6-9,11H,4-5,10H2,1-3H3. The molecule has 0 saturated heterocycles. The lowest BCUT2D eigenvalue weighted by Crippen LogP contribution is -2.05. The third kappa shape index (κ3) is 4.21. The molecule has 0 saturated carbocycles. The molecular weight excluding hydrogens is 391 g/mol. The summed E-state index contributed by atoms with van der Waals surface area (Å²) in [6.07, 6.45) is -3.40. The molecule has 8 heteroatoms. The normalized spacial score (nSPS) is 11.9. The van der Waals surface area contributed by atoms with Gasteiger partial charge >= 0.3 is 6.18 Å². The highest BCUT2D eigenvalue weighted by Crippen LogP contribution is 2.34. The molecule has 2 heterocycles. The van der Waals surface area contributed by atoms with Crippen molar-refractivity contribution in [1.82, 2.24) is 14.8 Å². The molecule has 3 aromatic rings. The van der Waals surface area contributed by atoms with Crippen LogP contribution in [0.25, 0.3) is 11.4 Å². The van der Waals surface area contributed by atoms with E-state index in [1.54, 1.807) is 17.4 Å². The lowest BCUT2D eigenvalue weighted by atomic mass is 10.1. The summed E-state index contributed by atoms with van der Waals surface area (Å²) >= 11 is 3.10. The van der Waals surface area contributed by atoms with Crippen LogP contribution in [0.2, 0.25) is 0 Å². The van der Waals surface area contributed by atoms with Crippen molar-refractivity contribution in [3.63, 3.8) is 0 Å². The zero-order valence-electron chi connectivity index (χ0n) is 15.3. The molecule has 0 bridgehead atoms. The average Bonchev–Trinajstić information content (AvgIpc) is 3.21. The highest BCUT2D eigenvalue weighted by molar-refractivity contribution is 7.98. The monoisotopic (exact) mass is 411 g/mol. The quantitative estimate of drug-likeness (QED) is 0.452. The minimum absolute atomic E-state index is 0.408. The van der Waals surface area contributed by atoms with Crippen molar-refractivity contribution in [2.45, 2.75) is 50.8 Å². The molecule has 1 aromatic carbocycles. The Labute approximate surface area is 164 Å². The van der Waals surface area contributed by atoms with Crippen molar-refractivity contribution in [2.75, 3.05) is 0 Å². The molecule has 0 aliphatic carbocycles. The molecule has 0 N–H and O–H groups in total. The summed E-state index contributed by atoms with van der Waals surface area (Å²) in [4.78, 5) is 1.27. The van der Waals surface area contributed by atoms with Crippen LogP contribution in [0.15, 0.2) is 34.8 Å². The van der Waals surface area contributed by atoms with E-state index in [1.807, 2.05) is 11.5 Å². The predicted molar refractivity (Wildman–Crippen MR) is 104 cm³/mol. The van der Waals surface area contributed by atoms with Gasteiger partial charge in [-0.2, -0.15) is 13.2 Å². The van der Waals surface area contributed by atoms with Gasteiger partial charge in [0.2, 0.25) is 0 Å². The van der Waals surface area contributed by atoms with Crippen molar-refractivity contribution in [2.24, 2.45) is 0 Å². The number of nitrogens with zero attached hydrogens (tertiary/aromatic N) is 3. The fraction of sp³-hybridized carbons (Fsp3) is 0.368. The fourth-order valence-electron chi connectivity index (χ4n) is 2.97. The Morgan fingerprint density at radius 1 is 1.19 bits per heavy atom. The summed E-state index contributed by atoms with van der Waals surface area (Å²) < 4.78 is 40.7. The number of halogens is 3. The van der Waals surface area contributed by atoms with Gasteiger partial charge in [0.1, 0.15) is 0 Å². The molecule has 0 atom stereocenters. The van der Waals surface area contributed by atoms with Crippen LogP contribution in [0.5, 0.6) is 0 Å². The molecule has 0 radical (unpaired) electrons. The van der Waals surface area contributed by atoms with Crippen LogP contribution in [0.1, 0.15) is 35.4 Å². The van der Waals surface area contributed by atoms with Gasteiger partial charge in [-0.25, -0.2) is 0 Å². The summed E-state index contributed by atoms with van der Waals surface area (Å²) in [6.45, 7) is 6.94. The topological polar surface area (TPSA) is 30.7 Å². The van der Waals surface area contributed by atoms with Gasteiger partial charge in [-0.1, -0.05) is 36.9 Å². The molecule has 0 spiro atoms. The smallest absolute Gasteiger partial charge is 0.302 e. The van der Waals surface area contributed by atoms with E-state index in [0.717, 1.165) is 29.0 Å². The lowest BCUT2D eigenvalue weighted by Gasteiger charge is -2.10. The number of hydrogen-bond donors (Lipinski definition) is 0. The van der Waals surface area contributed by atoms with Gasteiger partial charge in [0.25, 0.3) is 0 Å². The summed E-state index contributed by atoms with van der Waals surface area (Å²) in [5.74, 6) is 1.23. The Morgan fingerprint density at radius 3 is 2.63 bits per heavy atom. The summed E-state index contributed by atoms with van der Waals surface area (Å²) in [6, 6.07) is 5.42. The molecule has 0 fully saturated rings. The number of benzene rings is 1. The number of thiophene rings is 1. The van der Waals surface area contributed by atoms with E-state index in [1.165, 1.54) is 34.3 Å². The largest absolute Gasteiger partial charge is 0.416 e. The first kappa shape index (κ1) is 19.9. The summed E-state index contributed by atoms with van der Waals surface area (Å²) in [5.41, 5.74) is 2.36. The number of aromatic nitrogens is 3. The van der Waals surface area contributed by atoms with Crippen LogP contribution in [0.3, 0.4) is 0 Å². The minimum atomic E-state index is -4.33. The van der Waals surface area contributed by atoms with Crippen LogP contribution >= 0.6 is 23.1 Å². The molecule has 0 aliphatic rings. The van der Waals surface area contributed by atoms with Crippen LogP contribution in [-0.4, -0.2) is 14.8 Å². The maximum atomic E-state index is 12.9. The van der Waals surface area contributed by atoms with E-state index in [2.05, 4.69) is 29.4 Å². The molecular formula is C19H20F3N3S2. The third-order valence-corrected chi connectivity index (χ3v) is 6.34. The summed E-state index contributed by atoms with van der Waals surface area (Å²) in [7, 11) is 0. The van der Waals surface area contributed by atoms with Crippen molar-refractivity contribution in [3.05, 3.63) is 51.2 Å². The van der Waals surface area contributed by atoms with Crippen LogP contribution in [0, 0.1) is 6.92 Å². The van der Waals surface area contributed by atoms with Gasteiger partial charge in [-0.3, -0.25) is 0 Å². The van der Waals surface area contributed by atoms with Crippen LogP contribution in [-0.2, 0) is 24.9 Å². The first-order valence-electron chi connectivity index (χ1n) is 8.64. The Hall–Kier alpha value is -1.80. The molecule has 3 nitrogen and oxygen atoms in total. The first-order chi connectivity index (χ1) is 12.8. The van der Waals surface area contributed by atoms with E-state index < -0.39 is 11.7 Å². The Morgan fingerprint density at radius 2 is 1.96 bits per heavy atom. The highest BCUT2D eigenvalue weighted by Gasteiger charge is 2.30. The predicted octanol–water partition coefficient (Wildman–Crippen LogP) is 6.21. The minimum Gasteiger partial charge on any atom is -0.302 e. The number of hydrogen-bond acceptors (Lipinski definition) is 4.